The molecule has 5 nitrogen and oxygen atoms in total. The van der Waals surface area contributed by atoms with Crippen LogP contribution < -0.4 is 5.32 Å². The molecule has 0 saturated heterocycles. The van der Waals surface area contributed by atoms with Gasteiger partial charge in [0, 0.05) is 33.8 Å². The van der Waals surface area contributed by atoms with Gasteiger partial charge in [0.2, 0.25) is 0 Å². The molecular weight excluding hydrogens is 314 g/mol. The van der Waals surface area contributed by atoms with Crippen molar-refractivity contribution in [3.8, 4) is 0 Å². The SMILES string of the molecule is C=CCCCN(C)C(=NC)NCc1cccc(COCCOCC)c1. The van der Waals surface area contributed by atoms with Crippen molar-refractivity contribution < 1.29 is 9.47 Å². The summed E-state index contributed by atoms with van der Waals surface area (Å²) >= 11 is 0. The fourth-order valence-corrected chi connectivity index (χ4v) is 2.43. The molecule has 0 fully saturated rings. The second-order valence-electron chi connectivity index (χ2n) is 5.82. The molecule has 0 unspecified atom stereocenters. The molecule has 0 aliphatic carbocycles. The van der Waals surface area contributed by atoms with E-state index in [9.17, 15) is 0 Å². The first kappa shape index (κ1) is 21.2. The number of unbranched alkanes of at least 4 members (excludes halogenated alkanes) is 1. The van der Waals surface area contributed by atoms with Crippen LogP contribution in [0.25, 0.3) is 0 Å². The number of benzene rings is 1. The van der Waals surface area contributed by atoms with Crippen molar-refractivity contribution in [3.63, 3.8) is 0 Å². The largest absolute Gasteiger partial charge is 0.379 e. The Labute approximate surface area is 152 Å². The molecule has 0 radical (unpaired) electrons. The highest BCUT2D eigenvalue weighted by molar-refractivity contribution is 5.79. The number of nitrogens with one attached hydrogen (secondary N) is 1. The summed E-state index contributed by atoms with van der Waals surface area (Å²) in [6.45, 7) is 10.1. The van der Waals surface area contributed by atoms with E-state index in [-0.39, 0.29) is 0 Å². The van der Waals surface area contributed by atoms with Gasteiger partial charge in [0.25, 0.3) is 0 Å². The van der Waals surface area contributed by atoms with E-state index in [1.54, 1.807) is 0 Å². The van der Waals surface area contributed by atoms with Crippen LogP contribution in [0.15, 0.2) is 41.9 Å². The molecule has 1 N–H and O–H groups in total. The van der Waals surface area contributed by atoms with Crippen molar-refractivity contribution in [2.24, 2.45) is 4.99 Å². The first-order valence-electron chi connectivity index (χ1n) is 8.97. The van der Waals surface area contributed by atoms with Crippen molar-refractivity contribution >= 4 is 5.96 Å². The summed E-state index contributed by atoms with van der Waals surface area (Å²) in [5.74, 6) is 0.905. The van der Waals surface area contributed by atoms with Gasteiger partial charge >= 0.3 is 0 Å². The fourth-order valence-electron chi connectivity index (χ4n) is 2.43. The molecular formula is C20H33N3O2. The monoisotopic (exact) mass is 347 g/mol. The van der Waals surface area contributed by atoms with Gasteiger partial charge in [0.1, 0.15) is 0 Å². The molecule has 1 rings (SSSR count). The number of guanidine groups is 1. The maximum Gasteiger partial charge on any atom is 0.193 e. The van der Waals surface area contributed by atoms with Gasteiger partial charge in [-0.15, -0.1) is 6.58 Å². The summed E-state index contributed by atoms with van der Waals surface area (Å²) in [6.07, 6.45) is 4.05. The Bertz CT molecular complexity index is 517. The Hall–Kier alpha value is -1.85. The zero-order valence-electron chi connectivity index (χ0n) is 16.0. The van der Waals surface area contributed by atoms with E-state index in [4.69, 9.17) is 9.47 Å². The van der Waals surface area contributed by atoms with Crippen molar-refractivity contribution in [2.45, 2.75) is 32.9 Å². The van der Waals surface area contributed by atoms with Gasteiger partial charge in [0.15, 0.2) is 5.96 Å². The van der Waals surface area contributed by atoms with Crippen LogP contribution in [0.3, 0.4) is 0 Å². The third-order valence-corrected chi connectivity index (χ3v) is 3.76. The smallest absolute Gasteiger partial charge is 0.193 e. The van der Waals surface area contributed by atoms with E-state index in [1.165, 1.54) is 11.1 Å². The summed E-state index contributed by atoms with van der Waals surface area (Å²) in [7, 11) is 3.87. The van der Waals surface area contributed by atoms with Gasteiger partial charge < -0.3 is 19.7 Å². The molecule has 1 aromatic carbocycles. The quantitative estimate of drug-likeness (QED) is 0.273. The molecule has 0 bridgehead atoms. The van der Waals surface area contributed by atoms with Gasteiger partial charge in [-0.25, -0.2) is 0 Å². The second kappa shape index (κ2) is 13.4. The Morgan fingerprint density at radius 3 is 2.76 bits per heavy atom. The summed E-state index contributed by atoms with van der Waals surface area (Å²) in [5.41, 5.74) is 2.39. The Morgan fingerprint density at radius 1 is 1.28 bits per heavy atom. The zero-order valence-corrected chi connectivity index (χ0v) is 16.0. The van der Waals surface area contributed by atoms with Crippen molar-refractivity contribution in [1.29, 1.82) is 0 Å². The lowest BCUT2D eigenvalue weighted by Crippen LogP contribution is -2.38. The maximum atomic E-state index is 5.63. The molecule has 25 heavy (non-hydrogen) atoms. The van der Waals surface area contributed by atoms with Gasteiger partial charge in [0.05, 0.1) is 19.8 Å². The molecule has 0 aromatic heterocycles. The highest BCUT2D eigenvalue weighted by atomic mass is 16.5. The van der Waals surface area contributed by atoms with Crippen LogP contribution in [0.2, 0.25) is 0 Å². The fraction of sp³-hybridized carbons (Fsp3) is 0.550. The molecule has 0 atom stereocenters. The average molecular weight is 348 g/mol. The first-order chi connectivity index (χ1) is 12.2. The molecule has 5 heteroatoms. The van der Waals surface area contributed by atoms with Gasteiger partial charge in [-0.1, -0.05) is 30.3 Å². The standard InChI is InChI=1S/C20H33N3O2/c1-5-7-8-12-23(4)20(21-3)22-16-18-10-9-11-19(15-18)17-25-14-13-24-6-2/h5,9-11,15H,1,6-8,12-14,16-17H2,2-4H3,(H,21,22). The number of hydrogen-bond acceptors (Lipinski definition) is 3. The molecule has 140 valence electrons. The van der Waals surface area contributed by atoms with E-state index in [0.717, 1.165) is 38.5 Å². The van der Waals surface area contributed by atoms with Crippen molar-refractivity contribution in [3.05, 3.63) is 48.0 Å². The molecule has 0 saturated carbocycles. The Kier molecular flexibility index (Phi) is 11.4. The Morgan fingerprint density at radius 2 is 2.04 bits per heavy atom. The van der Waals surface area contributed by atoms with Crippen LogP contribution in [0.1, 0.15) is 30.9 Å². The van der Waals surface area contributed by atoms with Crippen LogP contribution in [0, 0.1) is 0 Å². The second-order valence-corrected chi connectivity index (χ2v) is 5.82. The zero-order chi connectivity index (χ0) is 18.3. The van der Waals surface area contributed by atoms with Crippen molar-refractivity contribution in [1.82, 2.24) is 10.2 Å². The number of aliphatic imine (C=N–C) groups is 1. The van der Waals surface area contributed by atoms with Crippen molar-refractivity contribution in [2.75, 3.05) is 40.5 Å². The number of ether oxygens (including phenoxy) is 2. The highest BCUT2D eigenvalue weighted by Gasteiger charge is 2.05. The van der Waals surface area contributed by atoms with Crippen LogP contribution in [0.4, 0.5) is 0 Å². The average Bonchev–Trinajstić information content (AvgIpc) is 2.62. The number of nitrogens with zero attached hydrogens (tertiary/aromatic N) is 2. The minimum Gasteiger partial charge on any atom is -0.379 e. The van der Waals surface area contributed by atoms with Crippen LogP contribution in [-0.4, -0.2) is 51.3 Å². The lowest BCUT2D eigenvalue weighted by atomic mass is 10.1. The van der Waals surface area contributed by atoms with Crippen LogP contribution >= 0.6 is 0 Å². The predicted molar refractivity (Wildman–Crippen MR) is 105 cm³/mol. The molecule has 0 aliphatic rings. The minimum atomic E-state index is 0.608. The molecule has 0 heterocycles. The van der Waals surface area contributed by atoms with Crippen LogP contribution in [-0.2, 0) is 22.6 Å². The molecule has 0 amide bonds. The van der Waals surface area contributed by atoms with Crippen LogP contribution in [0.5, 0.6) is 0 Å². The number of allylic oxidation sites excluding steroid dienone is 1. The number of hydrogen-bond donors (Lipinski definition) is 1. The molecule has 1 aromatic rings. The maximum absolute atomic E-state index is 5.63. The molecule has 0 aliphatic heterocycles. The van der Waals surface area contributed by atoms with E-state index in [0.29, 0.717) is 19.8 Å². The molecule has 0 spiro atoms. The third-order valence-electron chi connectivity index (χ3n) is 3.76. The number of rotatable bonds is 12. The first-order valence-corrected chi connectivity index (χ1v) is 8.97. The summed E-state index contributed by atoms with van der Waals surface area (Å²) in [5, 5.41) is 3.41. The van der Waals surface area contributed by atoms with E-state index in [2.05, 4.69) is 53.1 Å². The summed E-state index contributed by atoms with van der Waals surface area (Å²) < 4.78 is 10.9. The lowest BCUT2D eigenvalue weighted by molar-refractivity contribution is 0.0453. The highest BCUT2D eigenvalue weighted by Crippen LogP contribution is 2.07. The van der Waals surface area contributed by atoms with Gasteiger partial charge in [-0.2, -0.15) is 0 Å². The topological polar surface area (TPSA) is 46.1 Å². The normalized spacial score (nSPS) is 11.4. The lowest BCUT2D eigenvalue weighted by Gasteiger charge is -2.22. The van der Waals surface area contributed by atoms with Gasteiger partial charge in [-0.3, -0.25) is 4.99 Å². The van der Waals surface area contributed by atoms with E-state index >= 15 is 0 Å². The summed E-state index contributed by atoms with van der Waals surface area (Å²) in [4.78, 5) is 6.49. The van der Waals surface area contributed by atoms with Gasteiger partial charge in [-0.05, 0) is 30.9 Å². The Balaban J connectivity index is 2.42. The summed E-state index contributed by atoms with van der Waals surface area (Å²) in [6, 6.07) is 8.43. The third kappa shape index (κ3) is 9.27. The van der Waals surface area contributed by atoms with E-state index in [1.807, 2.05) is 20.0 Å². The van der Waals surface area contributed by atoms with E-state index < -0.39 is 0 Å². The predicted octanol–water partition coefficient (Wildman–Crippen LogP) is 3.21. The minimum absolute atomic E-state index is 0.608.